The summed E-state index contributed by atoms with van der Waals surface area (Å²) in [5.74, 6) is 0.148. The van der Waals surface area contributed by atoms with Crippen LogP contribution in [0.2, 0.25) is 5.02 Å². The fourth-order valence-electron chi connectivity index (χ4n) is 3.04. The number of alkyl halides is 5. The maximum Gasteiger partial charge on any atom is 0.586 e. The second kappa shape index (κ2) is 8.06. The first-order valence-corrected chi connectivity index (χ1v) is 9.48. The van der Waals surface area contributed by atoms with Crippen LogP contribution in [0.4, 0.5) is 27.8 Å². The maximum atomic E-state index is 13.2. The Labute approximate surface area is 183 Å². The van der Waals surface area contributed by atoms with Crippen LogP contribution in [0.15, 0.2) is 48.8 Å². The van der Waals surface area contributed by atoms with Gasteiger partial charge in [0.1, 0.15) is 12.1 Å². The van der Waals surface area contributed by atoms with Crippen molar-refractivity contribution in [1.82, 2.24) is 9.97 Å². The van der Waals surface area contributed by atoms with Crippen LogP contribution in [0.1, 0.15) is 17.2 Å². The third kappa shape index (κ3) is 4.68. The van der Waals surface area contributed by atoms with Gasteiger partial charge in [-0.05, 0) is 29.8 Å². The zero-order chi connectivity index (χ0) is 23.1. The molecule has 0 fully saturated rings. The lowest BCUT2D eigenvalue weighted by atomic mass is 10.1. The number of aromatic nitrogens is 2. The first-order chi connectivity index (χ1) is 15.0. The summed E-state index contributed by atoms with van der Waals surface area (Å²) in [7, 11) is 0. The van der Waals surface area contributed by atoms with Crippen molar-refractivity contribution < 1.29 is 31.4 Å². The highest BCUT2D eigenvalue weighted by molar-refractivity contribution is 6.31. The van der Waals surface area contributed by atoms with Crippen molar-refractivity contribution in [3.05, 3.63) is 64.9 Å². The number of benzene rings is 2. The quantitative estimate of drug-likeness (QED) is 0.494. The second-order valence-electron chi connectivity index (χ2n) is 6.84. The molecule has 1 aromatic heterocycles. The summed E-state index contributed by atoms with van der Waals surface area (Å²) in [6.45, 7) is 0.167. The summed E-state index contributed by atoms with van der Waals surface area (Å²) in [6.07, 6.45) is -7.05. The van der Waals surface area contributed by atoms with E-state index in [1.807, 2.05) is 0 Å². The lowest BCUT2D eigenvalue weighted by molar-refractivity contribution is -0.286. The Morgan fingerprint density at radius 1 is 1.03 bits per heavy atom. The Morgan fingerprint density at radius 2 is 1.78 bits per heavy atom. The summed E-state index contributed by atoms with van der Waals surface area (Å²) < 4.78 is 73.7. The van der Waals surface area contributed by atoms with Crippen LogP contribution in [0.3, 0.4) is 0 Å². The third-order valence-electron chi connectivity index (χ3n) is 4.59. The van der Waals surface area contributed by atoms with Gasteiger partial charge in [0.25, 0.3) is 0 Å². The van der Waals surface area contributed by atoms with E-state index in [2.05, 4.69) is 24.8 Å². The zero-order valence-corrected chi connectivity index (χ0v) is 16.7. The number of anilines is 1. The van der Waals surface area contributed by atoms with Crippen molar-refractivity contribution in [2.45, 2.75) is 18.5 Å². The fraction of sp³-hybridized carbons (Fsp3) is 0.200. The van der Waals surface area contributed by atoms with Crippen molar-refractivity contribution in [1.29, 1.82) is 0 Å². The number of hydrogen-bond donors (Lipinski definition) is 2. The molecule has 6 nitrogen and oxygen atoms in total. The first kappa shape index (κ1) is 22.0. The monoisotopic (exact) mass is 472 g/mol. The van der Waals surface area contributed by atoms with Crippen LogP contribution in [0.25, 0.3) is 11.3 Å². The molecule has 3 aromatic rings. The molecule has 168 valence electrons. The van der Waals surface area contributed by atoms with E-state index in [4.69, 9.17) is 17.3 Å². The van der Waals surface area contributed by atoms with E-state index >= 15 is 0 Å². The molecule has 1 atom stereocenters. The molecule has 2 aromatic carbocycles. The standard InChI is InChI=1S/C20H14ClF5N4O2/c21-13-5-11(1-3-12(13)19(22,23)24)15-7-18(30-9-29-15)28-8-14(27)10-2-4-16-17(6-10)32-20(25,26)31-16/h1-7,9,14H,8,27H2,(H,28,29,30). The first-order valence-electron chi connectivity index (χ1n) is 9.10. The Balaban J connectivity index is 1.46. The normalized spacial score (nSPS) is 15.5. The van der Waals surface area contributed by atoms with E-state index in [9.17, 15) is 22.0 Å². The number of halogens is 6. The molecule has 2 heterocycles. The zero-order valence-electron chi connectivity index (χ0n) is 16.0. The van der Waals surface area contributed by atoms with Gasteiger partial charge >= 0.3 is 12.5 Å². The van der Waals surface area contributed by atoms with Gasteiger partial charge in [0, 0.05) is 24.2 Å². The van der Waals surface area contributed by atoms with Crippen LogP contribution in [0, 0.1) is 0 Å². The molecule has 1 aliphatic heterocycles. The van der Waals surface area contributed by atoms with Gasteiger partial charge in [-0.1, -0.05) is 23.7 Å². The van der Waals surface area contributed by atoms with E-state index in [1.54, 1.807) is 0 Å². The van der Waals surface area contributed by atoms with Gasteiger partial charge in [-0.25, -0.2) is 9.97 Å². The summed E-state index contributed by atoms with van der Waals surface area (Å²) in [5, 5.41) is 2.53. The molecule has 1 unspecified atom stereocenters. The molecule has 0 saturated heterocycles. The molecule has 0 spiro atoms. The Kier molecular flexibility index (Phi) is 5.55. The molecular weight excluding hydrogens is 459 g/mol. The third-order valence-corrected chi connectivity index (χ3v) is 4.91. The number of ether oxygens (including phenoxy) is 2. The fourth-order valence-corrected chi connectivity index (χ4v) is 3.33. The minimum atomic E-state index is -4.56. The highest BCUT2D eigenvalue weighted by atomic mass is 35.5. The number of nitrogens with two attached hydrogens (primary N) is 1. The highest BCUT2D eigenvalue weighted by Crippen LogP contribution is 2.42. The molecule has 12 heteroatoms. The lowest BCUT2D eigenvalue weighted by Crippen LogP contribution is -2.26. The predicted molar refractivity (Wildman–Crippen MR) is 106 cm³/mol. The van der Waals surface area contributed by atoms with Crippen LogP contribution in [0.5, 0.6) is 11.5 Å². The van der Waals surface area contributed by atoms with Gasteiger partial charge in [-0.2, -0.15) is 13.2 Å². The molecule has 0 aliphatic carbocycles. The van der Waals surface area contributed by atoms with E-state index in [-0.39, 0.29) is 18.0 Å². The second-order valence-corrected chi connectivity index (χ2v) is 7.25. The SMILES string of the molecule is NC(CNc1cc(-c2ccc(C(F)(F)F)c(Cl)c2)ncn1)c1ccc2c(c1)OC(F)(F)O2. The van der Waals surface area contributed by atoms with Crippen LogP contribution < -0.4 is 20.5 Å². The maximum absolute atomic E-state index is 13.2. The van der Waals surface area contributed by atoms with Crippen molar-refractivity contribution in [2.24, 2.45) is 5.73 Å². The Morgan fingerprint density at radius 3 is 2.50 bits per heavy atom. The van der Waals surface area contributed by atoms with Gasteiger partial charge in [0.05, 0.1) is 16.3 Å². The molecule has 0 saturated carbocycles. The predicted octanol–water partition coefficient (Wildman–Crippen LogP) is 5.25. The van der Waals surface area contributed by atoms with Crippen molar-refractivity contribution >= 4 is 17.4 Å². The minimum Gasteiger partial charge on any atom is -0.395 e. The van der Waals surface area contributed by atoms with Gasteiger partial charge < -0.3 is 20.5 Å². The van der Waals surface area contributed by atoms with Gasteiger partial charge in [0.15, 0.2) is 11.5 Å². The topological polar surface area (TPSA) is 82.3 Å². The van der Waals surface area contributed by atoms with Crippen molar-refractivity contribution in [2.75, 3.05) is 11.9 Å². The average Bonchev–Trinajstić information content (AvgIpc) is 3.04. The number of nitrogens with one attached hydrogen (secondary N) is 1. The smallest absolute Gasteiger partial charge is 0.395 e. The van der Waals surface area contributed by atoms with Gasteiger partial charge in [-0.3, -0.25) is 0 Å². The summed E-state index contributed by atoms with van der Waals surface area (Å²) in [6, 6.07) is 8.45. The largest absolute Gasteiger partial charge is 0.586 e. The summed E-state index contributed by atoms with van der Waals surface area (Å²) >= 11 is 5.77. The molecular formula is C20H14ClF5N4O2. The molecule has 3 N–H and O–H groups in total. The number of fused-ring (bicyclic) bond motifs is 1. The van der Waals surface area contributed by atoms with E-state index in [1.165, 1.54) is 42.7 Å². The van der Waals surface area contributed by atoms with Crippen LogP contribution in [-0.4, -0.2) is 22.8 Å². The number of nitrogens with zero attached hydrogens (tertiary/aromatic N) is 2. The molecule has 1 aliphatic rings. The van der Waals surface area contributed by atoms with Crippen LogP contribution in [-0.2, 0) is 6.18 Å². The van der Waals surface area contributed by atoms with E-state index < -0.39 is 29.1 Å². The Bertz CT molecular complexity index is 1160. The number of rotatable bonds is 5. The molecule has 4 rings (SSSR count). The minimum absolute atomic E-state index is 0.0884. The Hall–Kier alpha value is -3.18. The van der Waals surface area contributed by atoms with Crippen molar-refractivity contribution in [3.8, 4) is 22.8 Å². The van der Waals surface area contributed by atoms with Gasteiger partial charge in [0.2, 0.25) is 0 Å². The van der Waals surface area contributed by atoms with E-state index in [0.29, 0.717) is 22.6 Å². The average molecular weight is 473 g/mol. The van der Waals surface area contributed by atoms with Gasteiger partial charge in [-0.15, -0.1) is 8.78 Å². The lowest BCUT2D eigenvalue weighted by Gasteiger charge is -2.14. The highest BCUT2D eigenvalue weighted by Gasteiger charge is 2.43. The summed E-state index contributed by atoms with van der Waals surface area (Å²) in [5.41, 5.74) is 6.40. The molecule has 32 heavy (non-hydrogen) atoms. The molecule has 0 amide bonds. The summed E-state index contributed by atoms with van der Waals surface area (Å²) in [4.78, 5) is 8.11. The van der Waals surface area contributed by atoms with E-state index in [0.717, 1.165) is 6.07 Å². The molecule has 0 bridgehead atoms. The molecule has 0 radical (unpaired) electrons. The van der Waals surface area contributed by atoms with Crippen LogP contribution >= 0.6 is 11.6 Å². The van der Waals surface area contributed by atoms with Crippen molar-refractivity contribution in [3.63, 3.8) is 0 Å². The number of hydrogen-bond acceptors (Lipinski definition) is 6.